The summed E-state index contributed by atoms with van der Waals surface area (Å²) in [5.41, 5.74) is 8.87. The summed E-state index contributed by atoms with van der Waals surface area (Å²) in [4.78, 5) is 14.3. The number of para-hydroxylation sites is 2. The van der Waals surface area contributed by atoms with Crippen LogP contribution in [0.1, 0.15) is 0 Å². The normalized spacial score (nSPS) is 11.5. The van der Waals surface area contributed by atoms with Crippen LogP contribution in [0.25, 0.3) is 66.9 Å². The zero-order valence-electron chi connectivity index (χ0n) is 21.5. The van der Waals surface area contributed by atoms with Gasteiger partial charge in [-0.05, 0) is 66.7 Å². The number of nitrogens with zero attached hydrogens (tertiary/aromatic N) is 5. The first-order valence-corrected chi connectivity index (χ1v) is 13.3. The molecule has 5 heteroatoms. The molecule has 8 aromatic rings. The Hall–Kier alpha value is -5.55. The van der Waals surface area contributed by atoms with Gasteiger partial charge in [0.2, 0.25) is 0 Å². The van der Waals surface area contributed by atoms with Gasteiger partial charge in [0.25, 0.3) is 0 Å². The molecule has 0 fully saturated rings. The van der Waals surface area contributed by atoms with E-state index >= 15 is 0 Å². The van der Waals surface area contributed by atoms with Crippen molar-refractivity contribution in [2.45, 2.75) is 0 Å². The van der Waals surface area contributed by atoms with Gasteiger partial charge < -0.3 is 9.13 Å². The Labute approximate surface area is 230 Å². The van der Waals surface area contributed by atoms with Crippen LogP contribution < -0.4 is 0 Å². The van der Waals surface area contributed by atoms with Crippen LogP contribution in [-0.4, -0.2) is 24.1 Å². The van der Waals surface area contributed by atoms with Crippen LogP contribution in [-0.2, 0) is 0 Å². The Balaban J connectivity index is 1.48. The van der Waals surface area contributed by atoms with E-state index < -0.39 is 0 Å². The van der Waals surface area contributed by atoms with Crippen molar-refractivity contribution in [2.75, 3.05) is 0 Å². The zero-order chi connectivity index (χ0) is 26.5. The molecular formula is C35H23N5. The average molecular weight is 514 g/mol. The summed E-state index contributed by atoms with van der Waals surface area (Å²) in [6.45, 7) is 0. The Morgan fingerprint density at radius 2 is 1.12 bits per heavy atom. The molecule has 5 heterocycles. The summed E-state index contributed by atoms with van der Waals surface area (Å²) >= 11 is 0. The van der Waals surface area contributed by atoms with E-state index in [0.717, 1.165) is 45.2 Å². The molecule has 5 aromatic heterocycles. The minimum Gasteiger partial charge on any atom is -0.316 e. The fraction of sp³-hybridized carbons (Fsp3) is 0. The maximum atomic E-state index is 5.01. The SMILES string of the molecule is c1ccc(-n2ccc3c2ccc2c4ccccc4n(-c4cc(-c5ccccn5)nc(-c5ccccn5)c4)c23)cc1. The maximum Gasteiger partial charge on any atom is 0.0915 e. The molecule has 0 bridgehead atoms. The van der Waals surface area contributed by atoms with Crippen LogP contribution in [0.5, 0.6) is 0 Å². The highest BCUT2D eigenvalue weighted by molar-refractivity contribution is 6.18. The Bertz CT molecular complexity index is 2090. The topological polar surface area (TPSA) is 48.5 Å². The van der Waals surface area contributed by atoms with E-state index in [1.807, 2.05) is 42.5 Å². The lowest BCUT2D eigenvalue weighted by molar-refractivity contribution is 1.13. The number of hydrogen-bond acceptors (Lipinski definition) is 3. The van der Waals surface area contributed by atoms with Gasteiger partial charge in [0.1, 0.15) is 0 Å². The van der Waals surface area contributed by atoms with Crippen LogP contribution in [0, 0.1) is 0 Å². The lowest BCUT2D eigenvalue weighted by Crippen LogP contribution is -2.00. The minimum absolute atomic E-state index is 0.804. The third-order valence-electron chi connectivity index (χ3n) is 7.46. The molecule has 0 saturated heterocycles. The molecule has 0 spiro atoms. The number of rotatable bonds is 4. The van der Waals surface area contributed by atoms with Crippen molar-refractivity contribution in [3.8, 4) is 34.2 Å². The molecule has 0 radical (unpaired) electrons. The summed E-state index contributed by atoms with van der Waals surface area (Å²) < 4.78 is 4.62. The second-order valence-corrected chi connectivity index (χ2v) is 9.79. The van der Waals surface area contributed by atoms with Gasteiger partial charge in [-0.25, -0.2) is 4.98 Å². The number of aromatic nitrogens is 5. The summed E-state index contributed by atoms with van der Waals surface area (Å²) in [7, 11) is 0. The second-order valence-electron chi connectivity index (χ2n) is 9.79. The Kier molecular flexibility index (Phi) is 5.07. The van der Waals surface area contributed by atoms with Crippen molar-refractivity contribution >= 4 is 32.7 Å². The van der Waals surface area contributed by atoms with Gasteiger partial charge in [0.15, 0.2) is 0 Å². The summed E-state index contributed by atoms with van der Waals surface area (Å²) in [6.07, 6.45) is 5.77. The van der Waals surface area contributed by atoms with E-state index in [2.05, 4.69) is 104 Å². The maximum absolute atomic E-state index is 5.01. The highest BCUT2D eigenvalue weighted by Crippen LogP contribution is 2.38. The number of hydrogen-bond donors (Lipinski definition) is 0. The first-order chi connectivity index (χ1) is 19.8. The monoisotopic (exact) mass is 513 g/mol. The van der Waals surface area contributed by atoms with Crippen molar-refractivity contribution in [1.29, 1.82) is 0 Å². The molecule has 0 N–H and O–H groups in total. The van der Waals surface area contributed by atoms with Crippen LogP contribution in [0.15, 0.2) is 140 Å². The lowest BCUT2D eigenvalue weighted by Gasteiger charge is -2.13. The van der Waals surface area contributed by atoms with Crippen LogP contribution in [0.3, 0.4) is 0 Å². The zero-order valence-corrected chi connectivity index (χ0v) is 21.5. The van der Waals surface area contributed by atoms with Crippen LogP contribution in [0.4, 0.5) is 0 Å². The molecule has 188 valence electrons. The molecule has 0 aliphatic heterocycles. The Morgan fingerprint density at radius 3 is 1.82 bits per heavy atom. The molecule has 0 saturated carbocycles. The highest BCUT2D eigenvalue weighted by atomic mass is 15.0. The van der Waals surface area contributed by atoms with Gasteiger partial charge in [-0.15, -0.1) is 0 Å². The van der Waals surface area contributed by atoms with Gasteiger partial charge in [0.05, 0.1) is 45.0 Å². The fourth-order valence-corrected chi connectivity index (χ4v) is 5.69. The van der Waals surface area contributed by atoms with Crippen molar-refractivity contribution < 1.29 is 0 Å². The number of pyridine rings is 3. The van der Waals surface area contributed by atoms with E-state index in [1.165, 1.54) is 21.7 Å². The van der Waals surface area contributed by atoms with Gasteiger partial charge in [-0.3, -0.25) is 9.97 Å². The molecule has 3 aromatic carbocycles. The number of benzene rings is 3. The average Bonchev–Trinajstić information content (AvgIpc) is 3.62. The Morgan fingerprint density at radius 1 is 0.450 bits per heavy atom. The fourth-order valence-electron chi connectivity index (χ4n) is 5.69. The first kappa shape index (κ1) is 22.4. The quantitative estimate of drug-likeness (QED) is 0.238. The molecule has 0 atom stereocenters. The molecule has 40 heavy (non-hydrogen) atoms. The third kappa shape index (κ3) is 3.52. The molecule has 0 amide bonds. The molecule has 0 unspecified atom stereocenters. The van der Waals surface area contributed by atoms with Crippen molar-refractivity contribution in [3.05, 3.63) is 140 Å². The molecular weight excluding hydrogens is 490 g/mol. The van der Waals surface area contributed by atoms with Gasteiger partial charge in [0, 0.05) is 40.4 Å². The third-order valence-corrected chi connectivity index (χ3v) is 7.46. The standard InChI is InChI=1S/C35H23N5/c1-2-10-24(11-3-1)39-21-18-28-33(39)17-16-27-26-12-4-5-15-34(26)40(35(27)28)25-22-31(29-13-6-8-19-36-29)38-32(23-25)30-14-7-9-20-37-30/h1-23H. The second kappa shape index (κ2) is 9.03. The van der Waals surface area contributed by atoms with Gasteiger partial charge in [-0.2, -0.15) is 0 Å². The molecule has 0 aliphatic carbocycles. The summed E-state index contributed by atoms with van der Waals surface area (Å²) in [5.74, 6) is 0. The van der Waals surface area contributed by atoms with E-state index in [-0.39, 0.29) is 0 Å². The van der Waals surface area contributed by atoms with Gasteiger partial charge >= 0.3 is 0 Å². The van der Waals surface area contributed by atoms with Crippen LogP contribution in [0.2, 0.25) is 0 Å². The van der Waals surface area contributed by atoms with Crippen molar-refractivity contribution in [1.82, 2.24) is 24.1 Å². The van der Waals surface area contributed by atoms with Crippen LogP contribution >= 0.6 is 0 Å². The smallest absolute Gasteiger partial charge is 0.0915 e. The van der Waals surface area contributed by atoms with Crippen molar-refractivity contribution in [2.24, 2.45) is 0 Å². The first-order valence-electron chi connectivity index (χ1n) is 13.3. The molecule has 8 rings (SSSR count). The molecule has 5 nitrogen and oxygen atoms in total. The van der Waals surface area contributed by atoms with E-state index in [4.69, 9.17) is 4.98 Å². The van der Waals surface area contributed by atoms with Gasteiger partial charge in [-0.1, -0.05) is 54.6 Å². The predicted molar refractivity (Wildman–Crippen MR) is 162 cm³/mol. The summed E-state index contributed by atoms with van der Waals surface area (Å²) in [5, 5.41) is 3.61. The van der Waals surface area contributed by atoms with E-state index in [0.29, 0.717) is 0 Å². The minimum atomic E-state index is 0.804. The highest BCUT2D eigenvalue weighted by Gasteiger charge is 2.19. The largest absolute Gasteiger partial charge is 0.316 e. The lowest BCUT2D eigenvalue weighted by atomic mass is 10.1. The summed E-state index contributed by atoms with van der Waals surface area (Å²) in [6, 6.07) is 41.9. The number of fused-ring (bicyclic) bond motifs is 5. The predicted octanol–water partition coefficient (Wildman–Crippen LogP) is 8.25. The van der Waals surface area contributed by atoms with Crippen molar-refractivity contribution in [3.63, 3.8) is 0 Å². The van der Waals surface area contributed by atoms with E-state index in [9.17, 15) is 0 Å². The molecule has 0 aliphatic rings. The van der Waals surface area contributed by atoms with E-state index in [1.54, 1.807) is 12.4 Å².